The summed E-state index contributed by atoms with van der Waals surface area (Å²) in [7, 11) is 0. The predicted octanol–water partition coefficient (Wildman–Crippen LogP) is 1.78. The molecule has 0 aromatic heterocycles. The van der Waals surface area contributed by atoms with E-state index in [1.54, 1.807) is 0 Å². The van der Waals surface area contributed by atoms with Crippen molar-refractivity contribution in [1.29, 1.82) is 0 Å². The summed E-state index contributed by atoms with van der Waals surface area (Å²) < 4.78 is 0. The first kappa shape index (κ1) is 12.8. The van der Waals surface area contributed by atoms with Gasteiger partial charge in [0.05, 0.1) is 6.04 Å². The normalized spacial score (nSPS) is 20.4. The first-order chi connectivity index (χ1) is 8.75. The van der Waals surface area contributed by atoms with Crippen LogP contribution in [-0.2, 0) is 11.2 Å². The molecule has 0 heterocycles. The predicted molar refractivity (Wildman–Crippen MR) is 73.0 cm³/mol. The Hall–Kier alpha value is -1.61. The van der Waals surface area contributed by atoms with E-state index in [2.05, 4.69) is 17.5 Å². The van der Waals surface area contributed by atoms with Crippen LogP contribution in [-0.4, -0.2) is 18.0 Å². The van der Waals surface area contributed by atoms with Crippen molar-refractivity contribution >= 4 is 5.91 Å². The van der Waals surface area contributed by atoms with Gasteiger partial charge >= 0.3 is 0 Å². The van der Waals surface area contributed by atoms with Gasteiger partial charge in [0.2, 0.25) is 5.91 Å². The monoisotopic (exact) mass is 244 g/mol. The third-order valence-electron chi connectivity index (χ3n) is 3.25. The number of hydrogen-bond acceptors (Lipinski definition) is 2. The van der Waals surface area contributed by atoms with E-state index in [0.717, 1.165) is 24.8 Å². The zero-order chi connectivity index (χ0) is 12.8. The van der Waals surface area contributed by atoms with Gasteiger partial charge in [-0.1, -0.05) is 42.5 Å². The molecule has 1 aliphatic carbocycles. The minimum Gasteiger partial charge on any atom is -0.352 e. The van der Waals surface area contributed by atoms with Gasteiger partial charge in [-0.3, -0.25) is 4.79 Å². The average molecular weight is 244 g/mol. The Morgan fingerprint density at radius 2 is 2.11 bits per heavy atom. The molecule has 1 aromatic rings. The van der Waals surface area contributed by atoms with Gasteiger partial charge in [0.25, 0.3) is 0 Å². The van der Waals surface area contributed by atoms with Crippen LogP contribution in [0.1, 0.15) is 24.8 Å². The van der Waals surface area contributed by atoms with E-state index >= 15 is 0 Å². The molecule has 1 aliphatic rings. The smallest absolute Gasteiger partial charge is 0.237 e. The third kappa shape index (κ3) is 3.70. The highest BCUT2D eigenvalue weighted by Crippen LogP contribution is 2.11. The Balaban J connectivity index is 1.83. The van der Waals surface area contributed by atoms with Gasteiger partial charge in [0.15, 0.2) is 0 Å². The van der Waals surface area contributed by atoms with Crippen molar-refractivity contribution in [3.8, 4) is 0 Å². The summed E-state index contributed by atoms with van der Waals surface area (Å²) >= 11 is 0. The number of hydrogen-bond donors (Lipinski definition) is 2. The molecular formula is C15H20N2O. The standard InChI is InChI=1S/C15H20N2O/c16-14(11-12-7-3-1-4-8-12)15(18)17-13-9-5-2-6-10-13/h1-5,7-8,13-14H,6,9-11,16H2,(H,17,18)/t13?,14-/m1/s1. The largest absolute Gasteiger partial charge is 0.352 e. The second-order valence-electron chi connectivity index (χ2n) is 4.79. The van der Waals surface area contributed by atoms with Gasteiger partial charge in [-0.2, -0.15) is 0 Å². The fourth-order valence-corrected chi connectivity index (χ4v) is 2.19. The molecule has 1 aromatic carbocycles. The molecule has 0 saturated heterocycles. The Labute approximate surface area is 108 Å². The zero-order valence-corrected chi connectivity index (χ0v) is 10.5. The highest BCUT2D eigenvalue weighted by molar-refractivity contribution is 5.82. The van der Waals surface area contributed by atoms with Crippen LogP contribution in [0.5, 0.6) is 0 Å². The fraction of sp³-hybridized carbons (Fsp3) is 0.400. The number of rotatable bonds is 4. The molecule has 0 saturated carbocycles. The van der Waals surface area contributed by atoms with E-state index in [0.29, 0.717) is 6.42 Å². The lowest BCUT2D eigenvalue weighted by Crippen LogP contribution is -2.46. The van der Waals surface area contributed by atoms with Crippen LogP contribution in [0.15, 0.2) is 42.5 Å². The highest BCUT2D eigenvalue weighted by atomic mass is 16.2. The molecule has 0 spiro atoms. The lowest BCUT2D eigenvalue weighted by Gasteiger charge is -2.21. The van der Waals surface area contributed by atoms with E-state index in [1.807, 2.05) is 30.3 Å². The minimum atomic E-state index is -0.460. The fourth-order valence-electron chi connectivity index (χ4n) is 2.19. The number of nitrogens with one attached hydrogen (secondary N) is 1. The molecular weight excluding hydrogens is 224 g/mol. The van der Waals surface area contributed by atoms with Gasteiger partial charge in [-0.25, -0.2) is 0 Å². The maximum absolute atomic E-state index is 12.0. The van der Waals surface area contributed by atoms with E-state index < -0.39 is 6.04 Å². The number of nitrogens with two attached hydrogens (primary N) is 1. The van der Waals surface area contributed by atoms with Gasteiger partial charge in [-0.05, 0) is 31.2 Å². The highest BCUT2D eigenvalue weighted by Gasteiger charge is 2.18. The summed E-state index contributed by atoms with van der Waals surface area (Å²) in [5.41, 5.74) is 7.04. The topological polar surface area (TPSA) is 55.1 Å². The van der Waals surface area contributed by atoms with E-state index in [4.69, 9.17) is 5.73 Å². The number of carbonyl (C=O) groups excluding carboxylic acids is 1. The Morgan fingerprint density at radius 1 is 1.33 bits per heavy atom. The lowest BCUT2D eigenvalue weighted by molar-refractivity contribution is -0.123. The Kier molecular flexibility index (Phi) is 4.53. The van der Waals surface area contributed by atoms with Crippen molar-refractivity contribution in [3.05, 3.63) is 48.0 Å². The van der Waals surface area contributed by atoms with E-state index in [-0.39, 0.29) is 11.9 Å². The maximum Gasteiger partial charge on any atom is 0.237 e. The molecule has 1 amide bonds. The SMILES string of the molecule is N[C@H](Cc1ccccc1)C(=O)NC1CC=CCC1. The first-order valence-corrected chi connectivity index (χ1v) is 6.50. The summed E-state index contributed by atoms with van der Waals surface area (Å²) in [5.74, 6) is -0.0425. The van der Waals surface area contributed by atoms with Gasteiger partial charge in [0.1, 0.15) is 0 Å². The molecule has 0 fully saturated rings. The van der Waals surface area contributed by atoms with E-state index in [1.165, 1.54) is 0 Å². The van der Waals surface area contributed by atoms with Crippen molar-refractivity contribution in [2.24, 2.45) is 5.73 Å². The van der Waals surface area contributed by atoms with Crippen LogP contribution in [0, 0.1) is 0 Å². The van der Waals surface area contributed by atoms with Crippen molar-refractivity contribution in [1.82, 2.24) is 5.32 Å². The summed E-state index contributed by atoms with van der Waals surface area (Å²) in [6.07, 6.45) is 7.85. The Bertz CT molecular complexity index is 414. The van der Waals surface area contributed by atoms with Crippen molar-refractivity contribution in [3.63, 3.8) is 0 Å². The summed E-state index contributed by atoms with van der Waals surface area (Å²) in [5, 5.41) is 3.02. The second kappa shape index (κ2) is 6.36. The van der Waals surface area contributed by atoms with Gasteiger partial charge in [0, 0.05) is 6.04 Å². The molecule has 2 atom stereocenters. The average Bonchev–Trinajstić information content (AvgIpc) is 2.41. The van der Waals surface area contributed by atoms with Gasteiger partial charge < -0.3 is 11.1 Å². The van der Waals surface area contributed by atoms with Crippen LogP contribution in [0.3, 0.4) is 0 Å². The molecule has 0 radical (unpaired) electrons. The quantitative estimate of drug-likeness (QED) is 0.793. The molecule has 3 N–H and O–H groups in total. The molecule has 18 heavy (non-hydrogen) atoms. The van der Waals surface area contributed by atoms with E-state index in [9.17, 15) is 4.79 Å². The summed E-state index contributed by atoms with van der Waals surface area (Å²) in [6, 6.07) is 9.68. The third-order valence-corrected chi connectivity index (χ3v) is 3.25. The Morgan fingerprint density at radius 3 is 2.78 bits per heavy atom. The van der Waals surface area contributed by atoms with Crippen LogP contribution < -0.4 is 11.1 Å². The van der Waals surface area contributed by atoms with Crippen LogP contribution in [0.2, 0.25) is 0 Å². The van der Waals surface area contributed by atoms with Crippen molar-refractivity contribution in [2.75, 3.05) is 0 Å². The molecule has 0 aliphatic heterocycles. The molecule has 3 nitrogen and oxygen atoms in total. The maximum atomic E-state index is 12.0. The van der Waals surface area contributed by atoms with Crippen LogP contribution >= 0.6 is 0 Å². The van der Waals surface area contributed by atoms with Crippen LogP contribution in [0.4, 0.5) is 0 Å². The zero-order valence-electron chi connectivity index (χ0n) is 10.5. The summed E-state index contributed by atoms with van der Waals surface area (Å²) in [6.45, 7) is 0. The molecule has 3 heteroatoms. The first-order valence-electron chi connectivity index (χ1n) is 6.50. The molecule has 2 rings (SSSR count). The number of benzene rings is 1. The van der Waals surface area contributed by atoms with Crippen LogP contribution in [0.25, 0.3) is 0 Å². The second-order valence-corrected chi connectivity index (χ2v) is 4.79. The molecule has 96 valence electrons. The van der Waals surface area contributed by atoms with Gasteiger partial charge in [-0.15, -0.1) is 0 Å². The molecule has 1 unspecified atom stereocenters. The number of carbonyl (C=O) groups is 1. The summed E-state index contributed by atoms with van der Waals surface area (Å²) in [4.78, 5) is 12.0. The van der Waals surface area contributed by atoms with Crippen molar-refractivity contribution in [2.45, 2.75) is 37.8 Å². The lowest BCUT2D eigenvalue weighted by atomic mass is 10.0. The van der Waals surface area contributed by atoms with Crippen molar-refractivity contribution < 1.29 is 4.79 Å². The number of amides is 1. The number of allylic oxidation sites excluding steroid dienone is 1. The minimum absolute atomic E-state index is 0.0425. The molecule has 0 bridgehead atoms.